The van der Waals surface area contributed by atoms with Gasteiger partial charge in [0.1, 0.15) is 5.69 Å². The Hall–Kier alpha value is -2.69. The van der Waals surface area contributed by atoms with Gasteiger partial charge in [-0.15, -0.1) is 0 Å². The lowest BCUT2D eigenvalue weighted by Crippen LogP contribution is -2.31. The van der Waals surface area contributed by atoms with Crippen molar-refractivity contribution in [3.05, 3.63) is 48.3 Å². The summed E-state index contributed by atoms with van der Waals surface area (Å²) >= 11 is 0. The molecule has 5 heteroatoms. The minimum absolute atomic E-state index is 0.628. The number of nitrogens with zero attached hydrogens (tertiary/aromatic N) is 5. The van der Waals surface area contributed by atoms with E-state index in [0.717, 1.165) is 22.6 Å². The van der Waals surface area contributed by atoms with E-state index in [-0.39, 0.29) is 0 Å². The highest BCUT2D eigenvalue weighted by molar-refractivity contribution is 5.72. The molecule has 0 N–H and O–H groups in total. The van der Waals surface area contributed by atoms with Gasteiger partial charge in [-0.25, -0.2) is 18.7 Å². The lowest BCUT2D eigenvalue weighted by Gasteiger charge is -1.96. The van der Waals surface area contributed by atoms with E-state index >= 15 is 0 Å². The Morgan fingerprint density at radius 2 is 2.14 bits per heavy atom. The number of hydrogen-bond donors (Lipinski definition) is 0. The van der Waals surface area contributed by atoms with Crippen molar-refractivity contribution >= 4 is 16.9 Å². The van der Waals surface area contributed by atoms with E-state index < -0.39 is 6.98 Å². The third-order valence-electron chi connectivity index (χ3n) is 4.29. The number of aryl methyl sites for hydroxylation is 2. The molecule has 0 saturated carbocycles. The lowest BCUT2D eigenvalue weighted by atomic mass is 10.2. The predicted octanol–water partition coefficient (Wildman–Crippen LogP) is 0.967. The normalized spacial score (nSPS) is 15.8. The summed E-state index contributed by atoms with van der Waals surface area (Å²) in [5.41, 5.74) is 4.28. The number of fused-ring (bicyclic) bond motifs is 7. The second kappa shape index (κ2) is 3.49. The van der Waals surface area contributed by atoms with Gasteiger partial charge in [0.2, 0.25) is 5.65 Å². The molecule has 4 aromatic rings. The van der Waals surface area contributed by atoms with Crippen molar-refractivity contribution < 1.29 is 13.2 Å². The van der Waals surface area contributed by atoms with Gasteiger partial charge in [-0.05, 0) is 12.1 Å². The molecule has 0 radical (unpaired) electrons. The zero-order chi connectivity index (χ0) is 16.6. The van der Waals surface area contributed by atoms with Crippen LogP contribution in [0.4, 0.5) is 0 Å². The van der Waals surface area contributed by atoms with E-state index in [2.05, 4.69) is 4.98 Å². The Bertz CT molecular complexity index is 1140. The SMILES string of the molecule is [2H]C([2H])([2H])[n+]1c2n(c3c1n1ccccc1[n+]3C)Cc1cccnc1-2. The molecule has 0 aromatic carbocycles. The minimum Gasteiger partial charge on any atom is -0.249 e. The molecule has 0 aliphatic carbocycles. The molecule has 0 unspecified atom stereocenters. The third kappa shape index (κ3) is 1.15. The molecule has 0 bridgehead atoms. The van der Waals surface area contributed by atoms with Crippen LogP contribution in [0.5, 0.6) is 0 Å². The standard InChI is InChI=1S/C16H15N5/c1-18-12-7-3-4-9-20(12)16-15(18)21-10-11-6-5-8-17-13(11)14(21)19(16)2/h3-9H,10H2,1-2H3/q+2/i2D3. The van der Waals surface area contributed by atoms with Gasteiger partial charge in [-0.1, -0.05) is 12.1 Å². The number of rotatable bonds is 0. The molecule has 0 spiro atoms. The Morgan fingerprint density at radius 3 is 3.05 bits per heavy atom. The Kier molecular flexibility index (Phi) is 1.42. The van der Waals surface area contributed by atoms with Gasteiger partial charge in [0.25, 0.3) is 5.82 Å². The quantitative estimate of drug-likeness (QED) is 0.389. The molecule has 1 aliphatic rings. The number of hydrogen-bond acceptors (Lipinski definition) is 1. The van der Waals surface area contributed by atoms with Crippen LogP contribution in [0.3, 0.4) is 0 Å². The van der Waals surface area contributed by atoms with Crippen molar-refractivity contribution in [3.8, 4) is 11.5 Å². The maximum absolute atomic E-state index is 8.10. The topological polar surface area (TPSA) is 30.0 Å². The number of aromatic nitrogens is 5. The molecule has 4 aromatic heterocycles. The van der Waals surface area contributed by atoms with Crippen molar-refractivity contribution in [1.82, 2.24) is 14.0 Å². The van der Waals surface area contributed by atoms with Gasteiger partial charge in [-0.2, -0.15) is 4.40 Å². The molecule has 5 rings (SSSR count). The highest BCUT2D eigenvalue weighted by Crippen LogP contribution is 2.30. The van der Waals surface area contributed by atoms with Gasteiger partial charge < -0.3 is 0 Å². The fourth-order valence-corrected chi connectivity index (χ4v) is 3.41. The summed E-state index contributed by atoms with van der Waals surface area (Å²) in [4.78, 5) is 4.45. The minimum atomic E-state index is -2.30. The summed E-state index contributed by atoms with van der Waals surface area (Å²) < 4.78 is 31.7. The molecule has 21 heavy (non-hydrogen) atoms. The summed E-state index contributed by atoms with van der Waals surface area (Å²) in [5.74, 6) is 0.643. The van der Waals surface area contributed by atoms with Gasteiger partial charge in [0.05, 0.1) is 30.9 Å². The smallest absolute Gasteiger partial charge is 0.249 e. The average molecular weight is 280 g/mol. The van der Waals surface area contributed by atoms with Crippen molar-refractivity contribution in [1.29, 1.82) is 0 Å². The second-order valence-corrected chi connectivity index (χ2v) is 5.39. The fourth-order valence-electron chi connectivity index (χ4n) is 3.41. The fraction of sp³-hybridized carbons (Fsp3) is 0.188. The van der Waals surface area contributed by atoms with Gasteiger partial charge in [0, 0.05) is 17.8 Å². The second-order valence-electron chi connectivity index (χ2n) is 5.39. The zero-order valence-electron chi connectivity index (χ0n) is 14.5. The van der Waals surface area contributed by atoms with Crippen molar-refractivity contribution in [2.24, 2.45) is 14.0 Å². The third-order valence-corrected chi connectivity index (χ3v) is 4.29. The van der Waals surface area contributed by atoms with Gasteiger partial charge in [-0.3, -0.25) is 0 Å². The monoisotopic (exact) mass is 280 g/mol. The first-order chi connectivity index (χ1) is 11.5. The van der Waals surface area contributed by atoms with E-state index in [1.165, 1.54) is 4.57 Å². The predicted molar refractivity (Wildman–Crippen MR) is 77.6 cm³/mol. The Labute approximate surface area is 125 Å². The maximum Gasteiger partial charge on any atom is 0.310 e. The van der Waals surface area contributed by atoms with E-state index in [1.54, 1.807) is 6.20 Å². The van der Waals surface area contributed by atoms with E-state index in [4.69, 9.17) is 4.11 Å². The highest BCUT2D eigenvalue weighted by Gasteiger charge is 2.36. The molecule has 5 nitrogen and oxygen atoms in total. The first-order valence-corrected chi connectivity index (χ1v) is 6.86. The van der Waals surface area contributed by atoms with Crippen LogP contribution in [-0.2, 0) is 20.6 Å². The first-order valence-electron chi connectivity index (χ1n) is 8.36. The number of pyridine rings is 2. The van der Waals surface area contributed by atoms with Crippen molar-refractivity contribution in [2.75, 3.05) is 0 Å². The molecule has 0 atom stereocenters. The van der Waals surface area contributed by atoms with Gasteiger partial charge >= 0.3 is 11.3 Å². The Balaban J connectivity index is 2.05. The van der Waals surface area contributed by atoms with Crippen LogP contribution in [0, 0.1) is 0 Å². The summed E-state index contributed by atoms with van der Waals surface area (Å²) in [6, 6.07) is 9.73. The molecule has 0 fully saturated rings. The molecule has 1 aliphatic heterocycles. The van der Waals surface area contributed by atoms with Crippen LogP contribution < -0.4 is 9.13 Å². The van der Waals surface area contributed by atoms with Crippen LogP contribution in [0.25, 0.3) is 28.5 Å². The summed E-state index contributed by atoms with van der Waals surface area (Å²) in [6.45, 7) is -1.67. The van der Waals surface area contributed by atoms with Crippen molar-refractivity contribution in [3.63, 3.8) is 0 Å². The molecule has 5 heterocycles. The largest absolute Gasteiger partial charge is 0.310 e. The van der Waals surface area contributed by atoms with E-state index in [1.807, 2.05) is 57.1 Å². The summed E-state index contributed by atoms with van der Waals surface area (Å²) in [5, 5.41) is 0. The lowest BCUT2D eigenvalue weighted by molar-refractivity contribution is -0.638. The zero-order valence-corrected chi connectivity index (χ0v) is 11.5. The van der Waals surface area contributed by atoms with Crippen molar-refractivity contribution in [2.45, 2.75) is 6.54 Å². The van der Waals surface area contributed by atoms with Crippen LogP contribution in [0.1, 0.15) is 9.68 Å². The molecule has 102 valence electrons. The highest BCUT2D eigenvalue weighted by atomic mass is 15.3. The maximum atomic E-state index is 8.10. The van der Waals surface area contributed by atoms with Crippen LogP contribution in [0.15, 0.2) is 42.7 Å². The molecular formula is C16H15N5+2. The van der Waals surface area contributed by atoms with E-state index in [9.17, 15) is 0 Å². The average Bonchev–Trinajstić information content (AvgIpc) is 3.15. The summed E-state index contributed by atoms with van der Waals surface area (Å²) in [7, 11) is 1.96. The van der Waals surface area contributed by atoms with Crippen LogP contribution in [-0.4, -0.2) is 14.0 Å². The van der Waals surface area contributed by atoms with Gasteiger partial charge in [0.15, 0.2) is 0 Å². The van der Waals surface area contributed by atoms with Crippen LogP contribution >= 0.6 is 0 Å². The first kappa shape index (κ1) is 8.56. The Morgan fingerprint density at radius 1 is 1.19 bits per heavy atom. The van der Waals surface area contributed by atoms with E-state index in [0.29, 0.717) is 18.0 Å². The summed E-state index contributed by atoms with van der Waals surface area (Å²) in [6.07, 6.45) is 3.61. The molecular weight excluding hydrogens is 262 g/mol. The molecule has 0 amide bonds. The molecule has 0 saturated heterocycles. The van der Waals surface area contributed by atoms with Crippen LogP contribution in [0.2, 0.25) is 0 Å². The number of imidazole rings is 2.